The molecule has 1 aromatic rings. The molecular formula is C18H24BFN2O5. The first-order valence-electron chi connectivity index (χ1n) is 8.66. The molecular weight excluding hydrogens is 354 g/mol. The van der Waals surface area contributed by atoms with Gasteiger partial charge in [-0.15, -0.1) is 0 Å². The van der Waals surface area contributed by atoms with Gasteiger partial charge in [0.15, 0.2) is 0 Å². The number of rotatable bonds is 7. The normalized spacial score (nSPS) is 22.8. The molecule has 1 heterocycles. The molecule has 0 aliphatic carbocycles. The molecule has 1 aliphatic rings. The number of alkyl carbamates (subject to hydrolysis) is 1. The van der Waals surface area contributed by atoms with Crippen LogP contribution in [0.4, 0.5) is 9.18 Å². The van der Waals surface area contributed by atoms with Crippen LogP contribution >= 0.6 is 0 Å². The molecule has 27 heavy (non-hydrogen) atoms. The number of ether oxygens (including phenoxy) is 1. The van der Waals surface area contributed by atoms with E-state index in [0.717, 1.165) is 11.6 Å². The first kappa shape index (κ1) is 20.9. The van der Waals surface area contributed by atoms with Crippen LogP contribution in [0, 0.1) is 0 Å². The van der Waals surface area contributed by atoms with E-state index in [2.05, 4.69) is 11.9 Å². The highest BCUT2D eigenvalue weighted by molar-refractivity contribution is 6.43. The Bertz CT molecular complexity index is 675. The Morgan fingerprint density at radius 2 is 2.15 bits per heavy atom. The van der Waals surface area contributed by atoms with Gasteiger partial charge in [0.2, 0.25) is 5.91 Å². The monoisotopic (exact) mass is 378 g/mol. The molecule has 3 atom stereocenters. The minimum Gasteiger partial charge on any atom is -0.447 e. The standard InChI is InChI=1S/C18H24BFN2O5/c1-3-16(23)22-11-14(20)10-18(22,2)12-27-17(24)21-15(19(25)26)9-13-7-5-4-6-8-13/h3-8,14-15,25-26H,1,9-12H2,2H3,(H,21,24)/t14-,15-,18+/m0/s1. The van der Waals surface area contributed by atoms with Gasteiger partial charge in [-0.25, -0.2) is 9.18 Å². The lowest BCUT2D eigenvalue weighted by atomic mass is 9.76. The van der Waals surface area contributed by atoms with Gasteiger partial charge in [0.25, 0.3) is 0 Å². The summed E-state index contributed by atoms with van der Waals surface area (Å²) in [5.41, 5.74) is -0.184. The summed E-state index contributed by atoms with van der Waals surface area (Å²) in [6.07, 6.45) is -0.766. The number of likely N-dealkylation sites (tertiary alicyclic amines) is 1. The Morgan fingerprint density at radius 1 is 1.48 bits per heavy atom. The number of nitrogens with zero attached hydrogens (tertiary/aromatic N) is 1. The fraction of sp³-hybridized carbons (Fsp3) is 0.444. The predicted octanol–water partition coefficient (Wildman–Crippen LogP) is 0.851. The summed E-state index contributed by atoms with van der Waals surface area (Å²) in [7, 11) is -1.78. The fourth-order valence-electron chi connectivity index (χ4n) is 3.19. The van der Waals surface area contributed by atoms with Crippen LogP contribution in [0.25, 0.3) is 0 Å². The smallest absolute Gasteiger partial charge is 0.447 e. The van der Waals surface area contributed by atoms with E-state index in [0.29, 0.717) is 0 Å². The molecule has 3 N–H and O–H groups in total. The molecule has 0 radical (unpaired) electrons. The Hall–Kier alpha value is -2.39. The van der Waals surface area contributed by atoms with E-state index in [1.54, 1.807) is 31.2 Å². The lowest BCUT2D eigenvalue weighted by molar-refractivity contribution is -0.131. The topological polar surface area (TPSA) is 99.1 Å². The van der Waals surface area contributed by atoms with Crippen molar-refractivity contribution in [2.75, 3.05) is 13.2 Å². The van der Waals surface area contributed by atoms with E-state index in [1.165, 1.54) is 4.90 Å². The molecule has 7 nitrogen and oxygen atoms in total. The molecule has 1 saturated heterocycles. The zero-order valence-electron chi connectivity index (χ0n) is 15.2. The highest BCUT2D eigenvalue weighted by atomic mass is 19.1. The van der Waals surface area contributed by atoms with Crippen molar-refractivity contribution in [2.24, 2.45) is 0 Å². The maximum absolute atomic E-state index is 13.8. The third-order valence-corrected chi connectivity index (χ3v) is 4.61. The molecule has 146 valence electrons. The number of carbonyl (C=O) groups is 2. The van der Waals surface area contributed by atoms with Crippen LogP contribution in [-0.4, -0.2) is 64.9 Å². The second kappa shape index (κ2) is 9.01. The Morgan fingerprint density at radius 3 is 2.74 bits per heavy atom. The lowest BCUT2D eigenvalue weighted by Crippen LogP contribution is -2.51. The molecule has 9 heteroatoms. The average molecular weight is 378 g/mol. The van der Waals surface area contributed by atoms with E-state index < -0.39 is 36.8 Å². The van der Waals surface area contributed by atoms with Gasteiger partial charge in [0.05, 0.1) is 18.0 Å². The molecule has 0 bridgehead atoms. The summed E-state index contributed by atoms with van der Waals surface area (Å²) in [5, 5.41) is 21.4. The van der Waals surface area contributed by atoms with Gasteiger partial charge in [-0.1, -0.05) is 36.9 Å². The van der Waals surface area contributed by atoms with E-state index >= 15 is 0 Å². The van der Waals surface area contributed by atoms with Gasteiger partial charge in [-0.3, -0.25) is 4.79 Å². The van der Waals surface area contributed by atoms with Gasteiger partial charge < -0.3 is 25.0 Å². The number of benzene rings is 1. The van der Waals surface area contributed by atoms with Crippen LogP contribution in [0.3, 0.4) is 0 Å². The van der Waals surface area contributed by atoms with Crippen molar-refractivity contribution in [1.29, 1.82) is 0 Å². The van der Waals surface area contributed by atoms with Gasteiger partial charge in [0, 0.05) is 6.42 Å². The van der Waals surface area contributed by atoms with Gasteiger partial charge in [-0.2, -0.15) is 0 Å². The van der Waals surface area contributed by atoms with Crippen LogP contribution in [0.15, 0.2) is 43.0 Å². The molecule has 1 fully saturated rings. The predicted molar refractivity (Wildman–Crippen MR) is 98.4 cm³/mol. The number of alkyl halides is 1. The van der Waals surface area contributed by atoms with Crippen molar-refractivity contribution >= 4 is 19.1 Å². The largest absolute Gasteiger partial charge is 0.475 e. The van der Waals surface area contributed by atoms with Crippen molar-refractivity contribution in [2.45, 2.75) is 37.4 Å². The summed E-state index contributed by atoms with van der Waals surface area (Å²) in [6, 6.07) is 9.01. The fourth-order valence-corrected chi connectivity index (χ4v) is 3.19. The summed E-state index contributed by atoms with van der Waals surface area (Å²) < 4.78 is 19.0. The SMILES string of the molecule is C=CC(=O)N1C[C@@H](F)C[C@]1(C)COC(=O)N[C@@H](Cc1ccccc1)B(O)O. The maximum atomic E-state index is 13.8. The minimum absolute atomic E-state index is 0.0376. The number of amides is 2. The lowest BCUT2D eigenvalue weighted by Gasteiger charge is -2.33. The van der Waals surface area contributed by atoms with E-state index in [1.807, 2.05) is 6.07 Å². The molecule has 0 saturated carbocycles. The van der Waals surface area contributed by atoms with Crippen LogP contribution < -0.4 is 5.32 Å². The highest BCUT2D eigenvalue weighted by Gasteiger charge is 2.45. The summed E-state index contributed by atoms with van der Waals surface area (Å²) in [5.74, 6) is -1.41. The number of carbonyl (C=O) groups excluding carboxylic acids is 2. The van der Waals surface area contributed by atoms with Crippen molar-refractivity contribution in [3.8, 4) is 0 Å². The number of hydrogen-bond donors (Lipinski definition) is 3. The Labute approximate surface area is 158 Å². The quantitative estimate of drug-likeness (QED) is 0.483. The Kier molecular flexibility index (Phi) is 6.98. The molecule has 0 spiro atoms. The second-order valence-electron chi connectivity index (χ2n) is 6.88. The first-order chi connectivity index (χ1) is 12.7. The van der Waals surface area contributed by atoms with Crippen LogP contribution in [0.2, 0.25) is 0 Å². The third-order valence-electron chi connectivity index (χ3n) is 4.61. The minimum atomic E-state index is -1.78. The van der Waals surface area contributed by atoms with Crippen molar-refractivity contribution in [1.82, 2.24) is 10.2 Å². The summed E-state index contributed by atoms with van der Waals surface area (Å²) in [6.45, 7) is 4.72. The molecule has 0 unspecified atom stereocenters. The van der Waals surface area contributed by atoms with Gasteiger partial charge in [-0.05, 0) is 25.0 Å². The van der Waals surface area contributed by atoms with Crippen LogP contribution in [0.5, 0.6) is 0 Å². The van der Waals surface area contributed by atoms with Crippen molar-refractivity contribution < 1.29 is 28.8 Å². The van der Waals surface area contributed by atoms with Gasteiger partial charge in [0.1, 0.15) is 12.8 Å². The second-order valence-corrected chi connectivity index (χ2v) is 6.88. The summed E-state index contributed by atoms with van der Waals surface area (Å²) >= 11 is 0. The van der Waals surface area contributed by atoms with Crippen molar-refractivity contribution in [3.63, 3.8) is 0 Å². The highest BCUT2D eigenvalue weighted by Crippen LogP contribution is 2.31. The zero-order valence-corrected chi connectivity index (χ0v) is 15.2. The average Bonchev–Trinajstić information content (AvgIpc) is 2.94. The molecule has 2 rings (SSSR count). The van der Waals surface area contributed by atoms with E-state index in [4.69, 9.17) is 4.74 Å². The van der Waals surface area contributed by atoms with Crippen LogP contribution in [0.1, 0.15) is 18.9 Å². The molecule has 0 aromatic heterocycles. The maximum Gasteiger partial charge on any atom is 0.475 e. The third kappa shape index (κ3) is 5.54. The van der Waals surface area contributed by atoms with Gasteiger partial charge >= 0.3 is 13.2 Å². The van der Waals surface area contributed by atoms with Crippen molar-refractivity contribution in [3.05, 3.63) is 48.6 Å². The first-order valence-corrected chi connectivity index (χ1v) is 8.66. The molecule has 1 aliphatic heterocycles. The van der Waals surface area contributed by atoms with E-state index in [9.17, 15) is 24.0 Å². The zero-order chi connectivity index (χ0) is 20.0. The number of hydrogen-bond acceptors (Lipinski definition) is 5. The van der Waals surface area contributed by atoms with E-state index in [-0.39, 0.29) is 26.0 Å². The number of halogens is 1. The molecule has 2 amide bonds. The molecule has 1 aromatic carbocycles. The number of nitrogens with one attached hydrogen (secondary N) is 1. The Balaban J connectivity index is 1.95. The summed E-state index contributed by atoms with van der Waals surface area (Å²) in [4.78, 5) is 25.3. The van der Waals surface area contributed by atoms with Crippen LogP contribution in [-0.2, 0) is 16.0 Å².